The Morgan fingerprint density at radius 3 is 1.07 bits per heavy atom. The molecule has 0 aliphatic rings. The monoisotopic (exact) mass is 202 g/mol. The van der Waals surface area contributed by atoms with Crippen LogP contribution in [0.25, 0.3) is 0 Å². The molecular formula is C12H26O2. The molecule has 1 unspecified atom stereocenters. The molecule has 2 heteroatoms. The zero-order chi connectivity index (χ0) is 11.6. The molecular weight excluding hydrogens is 176 g/mol. The van der Waals surface area contributed by atoms with Gasteiger partial charge in [-0.2, -0.15) is 0 Å². The lowest BCUT2D eigenvalue weighted by Crippen LogP contribution is -2.59. The van der Waals surface area contributed by atoms with E-state index in [9.17, 15) is 10.2 Å². The van der Waals surface area contributed by atoms with Crippen LogP contribution in [0, 0.1) is 11.8 Å². The molecule has 0 spiro atoms. The van der Waals surface area contributed by atoms with Crippen molar-refractivity contribution in [3.63, 3.8) is 0 Å². The molecule has 0 aromatic rings. The number of hydrogen-bond donors (Lipinski definition) is 2. The third-order valence-electron chi connectivity index (χ3n) is 3.74. The highest BCUT2D eigenvalue weighted by Gasteiger charge is 2.50. The normalized spacial score (nSPS) is 21.0. The van der Waals surface area contributed by atoms with E-state index in [1.54, 1.807) is 0 Å². The van der Waals surface area contributed by atoms with Crippen molar-refractivity contribution in [1.82, 2.24) is 0 Å². The minimum atomic E-state index is -0.976. The molecule has 14 heavy (non-hydrogen) atoms. The summed E-state index contributed by atoms with van der Waals surface area (Å²) >= 11 is 0. The lowest BCUT2D eigenvalue weighted by molar-refractivity contribution is -0.200. The second-order valence-electron chi connectivity index (χ2n) is 4.87. The molecule has 0 fully saturated rings. The van der Waals surface area contributed by atoms with Gasteiger partial charge in [0.1, 0.15) is 0 Å². The molecule has 0 amide bonds. The molecule has 0 aromatic carbocycles. The summed E-state index contributed by atoms with van der Waals surface area (Å²) in [6.07, 6.45) is 1.18. The van der Waals surface area contributed by atoms with Crippen LogP contribution in [-0.4, -0.2) is 21.4 Å². The third-order valence-corrected chi connectivity index (χ3v) is 3.74. The van der Waals surface area contributed by atoms with Gasteiger partial charge in [-0.1, -0.05) is 41.5 Å². The third kappa shape index (κ3) is 1.96. The van der Waals surface area contributed by atoms with Gasteiger partial charge >= 0.3 is 0 Å². The first kappa shape index (κ1) is 13.9. The lowest BCUT2D eigenvalue weighted by atomic mass is 9.67. The molecule has 0 heterocycles. The SMILES string of the molecule is CCC(O)(C(C)C)[C@@](O)(CC)C(C)C. The van der Waals surface area contributed by atoms with Crippen molar-refractivity contribution in [1.29, 1.82) is 0 Å². The lowest BCUT2D eigenvalue weighted by Gasteiger charge is -2.48. The minimum absolute atomic E-state index is 0.0693. The molecule has 0 aliphatic carbocycles. The number of aliphatic hydroxyl groups is 2. The van der Waals surface area contributed by atoms with Crippen molar-refractivity contribution in [2.75, 3.05) is 0 Å². The molecule has 0 saturated heterocycles. The topological polar surface area (TPSA) is 40.5 Å². The summed E-state index contributed by atoms with van der Waals surface area (Å²) in [5.41, 5.74) is -1.95. The van der Waals surface area contributed by atoms with Crippen molar-refractivity contribution in [2.45, 2.75) is 65.6 Å². The van der Waals surface area contributed by atoms with Crippen molar-refractivity contribution < 1.29 is 10.2 Å². The van der Waals surface area contributed by atoms with Crippen LogP contribution in [0.1, 0.15) is 54.4 Å². The molecule has 0 saturated carbocycles. The first-order valence-electron chi connectivity index (χ1n) is 5.71. The fourth-order valence-electron chi connectivity index (χ4n) is 2.43. The highest BCUT2D eigenvalue weighted by molar-refractivity contribution is 5.01. The highest BCUT2D eigenvalue weighted by Crippen LogP contribution is 2.40. The second-order valence-corrected chi connectivity index (χ2v) is 4.87. The van der Waals surface area contributed by atoms with E-state index >= 15 is 0 Å². The van der Waals surface area contributed by atoms with Crippen LogP contribution in [0.4, 0.5) is 0 Å². The maximum atomic E-state index is 10.5. The second kappa shape index (κ2) is 4.63. The van der Waals surface area contributed by atoms with E-state index in [0.29, 0.717) is 12.8 Å². The standard InChI is InChI=1S/C12H26O2/c1-7-11(13,9(3)4)12(14,8-2)10(5)6/h9-10,13-14H,7-8H2,1-6H3/t11-,12?/m1/s1. The smallest absolute Gasteiger partial charge is 0.0955 e. The molecule has 2 N–H and O–H groups in total. The summed E-state index contributed by atoms with van der Waals surface area (Å²) in [5.74, 6) is 0.139. The van der Waals surface area contributed by atoms with Crippen LogP contribution in [0.5, 0.6) is 0 Å². The van der Waals surface area contributed by atoms with Crippen LogP contribution in [0.2, 0.25) is 0 Å². The summed E-state index contributed by atoms with van der Waals surface area (Å²) in [5, 5.41) is 21.1. The van der Waals surface area contributed by atoms with Crippen LogP contribution < -0.4 is 0 Å². The van der Waals surface area contributed by atoms with Crippen LogP contribution in [0.3, 0.4) is 0 Å². The molecule has 0 bridgehead atoms. The van der Waals surface area contributed by atoms with E-state index in [1.807, 2.05) is 41.5 Å². The summed E-state index contributed by atoms with van der Waals surface area (Å²) in [6.45, 7) is 11.7. The van der Waals surface area contributed by atoms with Crippen molar-refractivity contribution in [3.8, 4) is 0 Å². The Morgan fingerprint density at radius 2 is 1.00 bits per heavy atom. The van der Waals surface area contributed by atoms with E-state index in [1.165, 1.54) is 0 Å². The van der Waals surface area contributed by atoms with Gasteiger partial charge in [0.2, 0.25) is 0 Å². The highest BCUT2D eigenvalue weighted by atomic mass is 16.4. The van der Waals surface area contributed by atoms with E-state index in [2.05, 4.69) is 0 Å². The summed E-state index contributed by atoms with van der Waals surface area (Å²) in [7, 11) is 0. The van der Waals surface area contributed by atoms with Gasteiger partial charge in [0, 0.05) is 0 Å². The number of rotatable bonds is 5. The zero-order valence-corrected chi connectivity index (χ0v) is 10.5. The van der Waals surface area contributed by atoms with Gasteiger partial charge in [-0.25, -0.2) is 0 Å². The average Bonchev–Trinajstić information content (AvgIpc) is 2.14. The minimum Gasteiger partial charge on any atom is -0.387 e. The number of hydrogen-bond acceptors (Lipinski definition) is 2. The predicted molar refractivity (Wildman–Crippen MR) is 60.2 cm³/mol. The largest absolute Gasteiger partial charge is 0.387 e. The van der Waals surface area contributed by atoms with Gasteiger partial charge < -0.3 is 10.2 Å². The van der Waals surface area contributed by atoms with Gasteiger partial charge in [0.25, 0.3) is 0 Å². The Morgan fingerprint density at radius 1 is 0.786 bits per heavy atom. The predicted octanol–water partition coefficient (Wildman–Crippen LogP) is 2.58. The fraction of sp³-hybridized carbons (Fsp3) is 1.00. The van der Waals surface area contributed by atoms with Crippen LogP contribution >= 0.6 is 0 Å². The van der Waals surface area contributed by atoms with E-state index in [0.717, 1.165) is 0 Å². The quantitative estimate of drug-likeness (QED) is 0.719. The van der Waals surface area contributed by atoms with Crippen LogP contribution in [0.15, 0.2) is 0 Å². The van der Waals surface area contributed by atoms with Crippen molar-refractivity contribution in [2.24, 2.45) is 11.8 Å². The van der Waals surface area contributed by atoms with Crippen molar-refractivity contribution >= 4 is 0 Å². The van der Waals surface area contributed by atoms with Gasteiger partial charge in [-0.05, 0) is 24.7 Å². The molecule has 0 aromatic heterocycles. The zero-order valence-electron chi connectivity index (χ0n) is 10.5. The Balaban J connectivity index is 5.15. The molecule has 0 rings (SSSR count). The maximum Gasteiger partial charge on any atom is 0.0955 e. The fourth-order valence-corrected chi connectivity index (χ4v) is 2.43. The Kier molecular flexibility index (Phi) is 4.60. The van der Waals surface area contributed by atoms with Gasteiger partial charge in [0.05, 0.1) is 11.2 Å². The molecule has 2 atom stereocenters. The molecule has 0 aliphatic heterocycles. The summed E-state index contributed by atoms with van der Waals surface area (Å²) < 4.78 is 0. The molecule has 0 radical (unpaired) electrons. The molecule has 86 valence electrons. The Bertz CT molecular complexity index is 157. The van der Waals surface area contributed by atoms with Gasteiger partial charge in [-0.3, -0.25) is 0 Å². The van der Waals surface area contributed by atoms with Gasteiger partial charge in [-0.15, -0.1) is 0 Å². The van der Waals surface area contributed by atoms with Crippen molar-refractivity contribution in [3.05, 3.63) is 0 Å². The van der Waals surface area contributed by atoms with Crippen LogP contribution in [-0.2, 0) is 0 Å². The first-order chi connectivity index (χ1) is 6.26. The Hall–Kier alpha value is -0.0800. The van der Waals surface area contributed by atoms with E-state index in [4.69, 9.17) is 0 Å². The maximum absolute atomic E-state index is 10.5. The summed E-state index contributed by atoms with van der Waals surface area (Å²) in [6, 6.07) is 0. The van der Waals surface area contributed by atoms with E-state index in [-0.39, 0.29) is 11.8 Å². The van der Waals surface area contributed by atoms with E-state index < -0.39 is 11.2 Å². The first-order valence-corrected chi connectivity index (χ1v) is 5.71. The average molecular weight is 202 g/mol. The summed E-state index contributed by atoms with van der Waals surface area (Å²) in [4.78, 5) is 0. The van der Waals surface area contributed by atoms with Gasteiger partial charge in [0.15, 0.2) is 0 Å². The molecule has 2 nitrogen and oxygen atoms in total. The Labute approximate surface area is 88.3 Å².